The van der Waals surface area contributed by atoms with E-state index in [2.05, 4.69) is 0 Å². The van der Waals surface area contributed by atoms with E-state index in [-0.39, 0.29) is 0 Å². The van der Waals surface area contributed by atoms with Gasteiger partial charge in [-0.15, -0.1) is 0 Å². The fourth-order valence-corrected chi connectivity index (χ4v) is 10.4. The summed E-state index contributed by atoms with van der Waals surface area (Å²) in [6.45, 7) is 0. The Kier molecular flexibility index (Phi) is 1.70. The van der Waals surface area contributed by atoms with Crippen LogP contribution in [0.15, 0.2) is 0 Å². The van der Waals surface area contributed by atoms with Crippen molar-refractivity contribution in [2.45, 2.75) is 51.4 Å². The molecule has 6 bridgehead atoms. The average Bonchev–Trinajstić information content (AvgIpc) is 3.22. The van der Waals surface area contributed by atoms with E-state index in [1.165, 1.54) is 71.0 Å². The van der Waals surface area contributed by atoms with Gasteiger partial charge in [-0.2, -0.15) is 0 Å². The molecule has 0 N–H and O–H groups in total. The minimum Gasteiger partial charge on any atom is -0.0499 e. The largest absolute Gasteiger partial charge is 0.0499 e. The molecule has 0 aromatic rings. The predicted octanol–water partition coefficient (Wildman–Crippen LogP) is 4.60. The van der Waals surface area contributed by atoms with E-state index in [9.17, 15) is 0 Å². The van der Waals surface area contributed by atoms with Crippen LogP contribution in [0.25, 0.3) is 0 Å². The van der Waals surface area contributed by atoms with Gasteiger partial charge in [0.15, 0.2) is 0 Å². The molecule has 0 nitrogen and oxygen atoms in total. The second-order valence-corrected chi connectivity index (χ2v) is 10.1. The first-order valence-electron chi connectivity index (χ1n) is 9.90. The molecule has 0 aliphatic heterocycles. The Morgan fingerprint density at radius 2 is 0.850 bits per heavy atom. The first-order valence-corrected chi connectivity index (χ1v) is 9.90. The zero-order chi connectivity index (χ0) is 12.6. The summed E-state index contributed by atoms with van der Waals surface area (Å²) in [6, 6.07) is 0. The third kappa shape index (κ3) is 0.950. The lowest BCUT2D eigenvalue weighted by atomic mass is 9.62. The highest BCUT2D eigenvalue weighted by molar-refractivity contribution is 5.19. The van der Waals surface area contributed by atoms with Gasteiger partial charge in [-0.3, -0.25) is 0 Å². The van der Waals surface area contributed by atoms with Crippen LogP contribution in [0.2, 0.25) is 0 Å². The van der Waals surface area contributed by atoms with E-state index in [1.54, 1.807) is 51.4 Å². The molecule has 7 aliphatic rings. The van der Waals surface area contributed by atoms with Gasteiger partial charge in [-0.25, -0.2) is 0 Å². The first kappa shape index (κ1) is 10.7. The van der Waals surface area contributed by atoms with E-state index in [4.69, 9.17) is 0 Å². The van der Waals surface area contributed by atoms with Gasteiger partial charge in [-0.1, -0.05) is 0 Å². The van der Waals surface area contributed by atoms with E-state index < -0.39 is 0 Å². The second kappa shape index (κ2) is 3.18. The Labute approximate surface area is 123 Å². The lowest BCUT2D eigenvalue weighted by Gasteiger charge is -2.43. The highest BCUT2D eigenvalue weighted by Crippen LogP contribution is 2.77. The molecule has 7 fully saturated rings. The topological polar surface area (TPSA) is 0 Å². The van der Waals surface area contributed by atoms with Crippen LogP contribution in [-0.4, -0.2) is 0 Å². The van der Waals surface area contributed by atoms with E-state index >= 15 is 0 Å². The Morgan fingerprint density at radius 1 is 0.350 bits per heavy atom. The number of rotatable bonds is 0. The zero-order valence-electron chi connectivity index (χ0n) is 12.6. The third-order valence-electron chi connectivity index (χ3n) is 10.3. The van der Waals surface area contributed by atoms with Crippen LogP contribution in [0.3, 0.4) is 0 Å². The van der Waals surface area contributed by atoms with Crippen LogP contribution in [0, 0.1) is 71.0 Å². The molecule has 0 spiro atoms. The minimum absolute atomic E-state index is 1.20. The van der Waals surface area contributed by atoms with Crippen LogP contribution in [0.1, 0.15) is 51.4 Å². The summed E-state index contributed by atoms with van der Waals surface area (Å²) in [6.07, 6.45) is 13.3. The van der Waals surface area contributed by atoms with Crippen LogP contribution >= 0.6 is 0 Å². The summed E-state index contributed by atoms with van der Waals surface area (Å²) in [5.41, 5.74) is 0. The Hall–Kier alpha value is 0. The Morgan fingerprint density at radius 3 is 1.65 bits per heavy atom. The van der Waals surface area contributed by atoms with Crippen molar-refractivity contribution in [3.63, 3.8) is 0 Å². The molecule has 12 unspecified atom stereocenters. The predicted molar refractivity (Wildman–Crippen MR) is 78.8 cm³/mol. The molecule has 0 aromatic carbocycles. The van der Waals surface area contributed by atoms with Crippen molar-refractivity contribution in [2.75, 3.05) is 0 Å². The van der Waals surface area contributed by atoms with Crippen molar-refractivity contribution in [2.24, 2.45) is 71.0 Å². The van der Waals surface area contributed by atoms with Crippen molar-refractivity contribution >= 4 is 0 Å². The summed E-state index contributed by atoms with van der Waals surface area (Å²) in [5, 5.41) is 0. The molecular weight excluding hydrogens is 240 g/mol. The molecule has 0 amide bonds. The molecule has 0 radical (unpaired) electrons. The summed E-state index contributed by atoms with van der Waals surface area (Å²) in [7, 11) is 0. The van der Waals surface area contributed by atoms with Crippen LogP contribution < -0.4 is 0 Å². The van der Waals surface area contributed by atoms with Gasteiger partial charge in [0.25, 0.3) is 0 Å². The van der Waals surface area contributed by atoms with E-state index in [1.807, 2.05) is 0 Å². The monoisotopic (exact) mass is 268 g/mol. The SMILES string of the molecule is C1CC2CC1C1CC3C4CC(C5C6CCC(C6)C45)C3C21. The van der Waals surface area contributed by atoms with Crippen molar-refractivity contribution in [3.8, 4) is 0 Å². The lowest BCUT2D eigenvalue weighted by molar-refractivity contribution is 0.0432. The summed E-state index contributed by atoms with van der Waals surface area (Å²) in [5.74, 6) is 14.7. The van der Waals surface area contributed by atoms with Crippen LogP contribution in [0.4, 0.5) is 0 Å². The molecule has 7 rings (SSSR count). The molecule has 0 aromatic heterocycles. The van der Waals surface area contributed by atoms with Gasteiger partial charge in [0.05, 0.1) is 0 Å². The normalized spacial score (nSPS) is 74.4. The fraction of sp³-hybridized carbons (Fsp3) is 1.00. The molecule has 0 heterocycles. The molecule has 12 atom stereocenters. The highest BCUT2D eigenvalue weighted by Gasteiger charge is 2.71. The van der Waals surface area contributed by atoms with Crippen molar-refractivity contribution < 1.29 is 0 Å². The highest BCUT2D eigenvalue weighted by atomic mass is 14.8. The molecular formula is C20H28. The molecule has 0 heteroatoms. The quantitative estimate of drug-likeness (QED) is 0.563. The van der Waals surface area contributed by atoms with Crippen molar-refractivity contribution in [1.29, 1.82) is 0 Å². The Bertz CT molecular complexity index is 480. The summed E-state index contributed by atoms with van der Waals surface area (Å²) in [4.78, 5) is 0. The van der Waals surface area contributed by atoms with Crippen molar-refractivity contribution in [1.82, 2.24) is 0 Å². The maximum atomic E-state index is 1.71. The standard InChI is InChI=1S/C20H28/c1-2-10-5-9(1)13-7-15-14-8-16(20(15)17(10)13)19-12-4-3-11(6-12)18(14)19/h9-20H,1-8H2. The second-order valence-electron chi connectivity index (χ2n) is 10.1. The lowest BCUT2D eigenvalue weighted by Crippen LogP contribution is -2.38. The van der Waals surface area contributed by atoms with Crippen molar-refractivity contribution in [3.05, 3.63) is 0 Å². The smallest absolute Gasteiger partial charge is 0.0318 e. The maximum Gasteiger partial charge on any atom is -0.0318 e. The Balaban J connectivity index is 1.32. The van der Waals surface area contributed by atoms with Crippen LogP contribution in [-0.2, 0) is 0 Å². The number of hydrogen-bond acceptors (Lipinski definition) is 0. The average molecular weight is 268 g/mol. The van der Waals surface area contributed by atoms with Gasteiger partial charge in [0.2, 0.25) is 0 Å². The van der Waals surface area contributed by atoms with Crippen LogP contribution in [0.5, 0.6) is 0 Å². The van der Waals surface area contributed by atoms with Gasteiger partial charge < -0.3 is 0 Å². The zero-order valence-corrected chi connectivity index (χ0v) is 12.6. The maximum absolute atomic E-state index is 1.71. The first-order chi connectivity index (χ1) is 9.90. The minimum atomic E-state index is 1.20. The molecule has 7 aliphatic carbocycles. The van der Waals surface area contributed by atoms with E-state index in [0.29, 0.717) is 0 Å². The van der Waals surface area contributed by atoms with E-state index in [0.717, 1.165) is 0 Å². The molecule has 20 heavy (non-hydrogen) atoms. The molecule has 108 valence electrons. The molecule has 7 saturated carbocycles. The van der Waals surface area contributed by atoms with Gasteiger partial charge >= 0.3 is 0 Å². The fourth-order valence-electron chi connectivity index (χ4n) is 10.4. The summed E-state index contributed by atoms with van der Waals surface area (Å²) >= 11 is 0. The molecule has 0 saturated heterocycles. The number of fused-ring (bicyclic) bond motifs is 18. The van der Waals surface area contributed by atoms with Gasteiger partial charge in [0.1, 0.15) is 0 Å². The van der Waals surface area contributed by atoms with Gasteiger partial charge in [0, 0.05) is 0 Å². The van der Waals surface area contributed by atoms with Gasteiger partial charge in [-0.05, 0) is 122 Å². The summed E-state index contributed by atoms with van der Waals surface area (Å²) < 4.78 is 0. The third-order valence-corrected chi connectivity index (χ3v) is 10.3. The number of hydrogen-bond donors (Lipinski definition) is 0.